The second kappa shape index (κ2) is 9.12. The molecule has 0 fully saturated rings. The zero-order valence-corrected chi connectivity index (χ0v) is 17.2. The summed E-state index contributed by atoms with van der Waals surface area (Å²) < 4.78 is 1.00. The third-order valence-corrected chi connectivity index (χ3v) is 4.35. The van der Waals surface area contributed by atoms with Gasteiger partial charge in [-0.05, 0) is 64.1 Å². The highest BCUT2D eigenvalue weighted by molar-refractivity contribution is 9.10. The Morgan fingerprint density at radius 3 is 1.96 bits per heavy atom. The molecule has 0 aromatic heterocycles. The largest absolute Gasteiger partial charge is 0.507 e. The highest BCUT2D eigenvalue weighted by atomic mass is 79.9. The van der Waals surface area contributed by atoms with Gasteiger partial charge in [-0.15, -0.1) is 0 Å². The maximum absolute atomic E-state index is 12.7. The van der Waals surface area contributed by atoms with Crippen LogP contribution >= 0.6 is 15.9 Å². The number of hydrogen-bond acceptors (Lipinski definition) is 4. The van der Waals surface area contributed by atoms with E-state index in [0.717, 1.165) is 21.2 Å². The van der Waals surface area contributed by atoms with Crippen LogP contribution in [0.25, 0.3) is 6.08 Å². The fourth-order valence-electron chi connectivity index (χ4n) is 2.67. The first-order valence-corrected chi connectivity index (χ1v) is 9.17. The molecule has 0 radical (unpaired) electrons. The Bertz CT molecular complexity index is 765. The lowest BCUT2D eigenvalue weighted by Crippen LogP contribution is -2.15. The molecule has 4 nitrogen and oxygen atoms in total. The van der Waals surface area contributed by atoms with Gasteiger partial charge in [-0.1, -0.05) is 34.1 Å². The Hall–Kier alpha value is -1.95. The number of phenols is 1. The van der Waals surface area contributed by atoms with Gasteiger partial charge in [0.05, 0.1) is 0 Å². The Morgan fingerprint density at radius 2 is 1.50 bits per heavy atom. The minimum atomic E-state index is -0.0760. The number of carbonyl (C=O) groups excluding carboxylic acids is 1. The van der Waals surface area contributed by atoms with Crippen molar-refractivity contribution in [3.05, 3.63) is 69.2 Å². The molecule has 0 saturated heterocycles. The summed E-state index contributed by atoms with van der Waals surface area (Å²) >= 11 is 3.40. The van der Waals surface area contributed by atoms with Crippen LogP contribution < -0.4 is 0 Å². The summed E-state index contributed by atoms with van der Waals surface area (Å²) in [6.45, 7) is 1.15. The lowest BCUT2D eigenvalue weighted by Gasteiger charge is -2.17. The molecule has 0 amide bonds. The predicted octanol–water partition coefficient (Wildman–Crippen LogP) is 4.17. The average Bonchev–Trinajstić information content (AvgIpc) is 2.56. The minimum Gasteiger partial charge on any atom is -0.507 e. The van der Waals surface area contributed by atoms with Gasteiger partial charge in [0.25, 0.3) is 0 Å². The molecule has 26 heavy (non-hydrogen) atoms. The zero-order chi connectivity index (χ0) is 19.3. The van der Waals surface area contributed by atoms with Gasteiger partial charge in [0, 0.05) is 34.3 Å². The SMILES string of the molecule is CN(C)Cc1cc(C(=O)C=Cc2ccc(Br)cc2)cc(CN(C)C)c1O. The molecule has 0 aliphatic carbocycles. The normalized spacial score (nSPS) is 11.7. The zero-order valence-electron chi connectivity index (χ0n) is 15.7. The summed E-state index contributed by atoms with van der Waals surface area (Å²) in [6.07, 6.45) is 3.38. The molecule has 2 aromatic rings. The second-order valence-corrected chi connectivity index (χ2v) is 7.78. The number of nitrogens with zero attached hydrogens (tertiary/aromatic N) is 2. The van der Waals surface area contributed by atoms with E-state index in [1.807, 2.05) is 62.3 Å². The van der Waals surface area contributed by atoms with Crippen LogP contribution in [0.4, 0.5) is 0 Å². The topological polar surface area (TPSA) is 43.8 Å². The van der Waals surface area contributed by atoms with Crippen LogP contribution in [0.2, 0.25) is 0 Å². The predicted molar refractivity (Wildman–Crippen MR) is 110 cm³/mol. The van der Waals surface area contributed by atoms with Gasteiger partial charge < -0.3 is 14.9 Å². The first-order valence-electron chi connectivity index (χ1n) is 8.38. The van der Waals surface area contributed by atoms with Crippen LogP contribution in [0.3, 0.4) is 0 Å². The van der Waals surface area contributed by atoms with Crippen molar-refractivity contribution in [2.45, 2.75) is 13.1 Å². The van der Waals surface area contributed by atoms with Crippen molar-refractivity contribution < 1.29 is 9.90 Å². The smallest absolute Gasteiger partial charge is 0.185 e. The van der Waals surface area contributed by atoms with Gasteiger partial charge in [-0.2, -0.15) is 0 Å². The summed E-state index contributed by atoms with van der Waals surface area (Å²) in [5, 5.41) is 10.5. The van der Waals surface area contributed by atoms with Crippen molar-refractivity contribution in [3.8, 4) is 5.75 Å². The van der Waals surface area contributed by atoms with Gasteiger partial charge >= 0.3 is 0 Å². The third kappa shape index (κ3) is 5.80. The highest BCUT2D eigenvalue weighted by Gasteiger charge is 2.14. The van der Waals surface area contributed by atoms with E-state index in [1.165, 1.54) is 0 Å². The molecule has 0 heterocycles. The lowest BCUT2D eigenvalue weighted by molar-refractivity contribution is 0.104. The van der Waals surface area contributed by atoms with Crippen LogP contribution in [0.1, 0.15) is 27.0 Å². The summed E-state index contributed by atoms with van der Waals surface area (Å²) in [7, 11) is 7.75. The first kappa shape index (κ1) is 20.4. The van der Waals surface area contributed by atoms with Gasteiger partial charge in [0.15, 0.2) is 5.78 Å². The lowest BCUT2D eigenvalue weighted by atomic mass is 10.00. The molecule has 5 heteroatoms. The molecule has 0 atom stereocenters. The molecule has 0 unspecified atom stereocenters. The number of halogens is 1. The standard InChI is InChI=1S/C21H25BrN2O2/c1-23(2)13-17-11-16(12-18(21(17)26)14-24(3)4)20(25)10-7-15-5-8-19(22)9-6-15/h5-12,26H,13-14H2,1-4H3. The molecule has 2 rings (SSSR count). The van der Waals surface area contributed by atoms with Gasteiger partial charge in [-0.25, -0.2) is 0 Å². The molecule has 138 valence electrons. The number of ketones is 1. The summed E-state index contributed by atoms with van der Waals surface area (Å²) in [5.41, 5.74) is 3.07. The summed E-state index contributed by atoms with van der Waals surface area (Å²) in [4.78, 5) is 16.6. The van der Waals surface area contributed by atoms with Gasteiger partial charge in [0.2, 0.25) is 0 Å². The van der Waals surface area contributed by atoms with E-state index in [2.05, 4.69) is 15.9 Å². The van der Waals surface area contributed by atoms with E-state index < -0.39 is 0 Å². The maximum atomic E-state index is 12.7. The number of benzene rings is 2. The van der Waals surface area contributed by atoms with Crippen LogP contribution in [0.5, 0.6) is 5.75 Å². The Balaban J connectivity index is 2.33. The fraction of sp³-hybridized carbons (Fsp3) is 0.286. The molecule has 0 bridgehead atoms. The number of aromatic hydroxyl groups is 1. The van der Waals surface area contributed by atoms with E-state index in [-0.39, 0.29) is 11.5 Å². The molecule has 2 aromatic carbocycles. The summed E-state index contributed by atoms with van der Waals surface area (Å²) in [6, 6.07) is 11.3. The van der Waals surface area contributed by atoms with E-state index in [1.54, 1.807) is 24.3 Å². The number of hydrogen-bond donors (Lipinski definition) is 1. The quantitative estimate of drug-likeness (QED) is 0.543. The van der Waals surface area contributed by atoms with Crippen molar-refractivity contribution in [3.63, 3.8) is 0 Å². The van der Waals surface area contributed by atoms with Crippen molar-refractivity contribution in [1.82, 2.24) is 9.80 Å². The van der Waals surface area contributed by atoms with Crippen molar-refractivity contribution in [2.24, 2.45) is 0 Å². The van der Waals surface area contributed by atoms with Crippen molar-refractivity contribution in [2.75, 3.05) is 28.2 Å². The third-order valence-electron chi connectivity index (χ3n) is 3.82. The molecule has 0 saturated carbocycles. The maximum Gasteiger partial charge on any atom is 0.185 e. The van der Waals surface area contributed by atoms with E-state index in [9.17, 15) is 9.90 Å². The summed E-state index contributed by atoms with van der Waals surface area (Å²) in [5.74, 6) is 0.189. The molecule has 0 spiro atoms. The van der Waals surface area contributed by atoms with Crippen LogP contribution in [-0.4, -0.2) is 48.9 Å². The van der Waals surface area contributed by atoms with E-state index in [0.29, 0.717) is 18.7 Å². The second-order valence-electron chi connectivity index (χ2n) is 6.87. The molecule has 0 aliphatic rings. The Labute approximate surface area is 163 Å². The van der Waals surface area contributed by atoms with Crippen molar-refractivity contribution in [1.29, 1.82) is 0 Å². The Morgan fingerprint density at radius 1 is 1.00 bits per heavy atom. The van der Waals surface area contributed by atoms with Gasteiger partial charge in [0.1, 0.15) is 5.75 Å². The van der Waals surface area contributed by atoms with E-state index in [4.69, 9.17) is 0 Å². The van der Waals surface area contributed by atoms with Crippen LogP contribution in [0.15, 0.2) is 46.9 Å². The van der Waals surface area contributed by atoms with E-state index >= 15 is 0 Å². The molecule has 1 N–H and O–H groups in total. The Kier molecular flexibility index (Phi) is 7.14. The highest BCUT2D eigenvalue weighted by Crippen LogP contribution is 2.27. The fourth-order valence-corrected chi connectivity index (χ4v) is 2.93. The minimum absolute atomic E-state index is 0.0760. The van der Waals surface area contributed by atoms with Crippen LogP contribution in [0, 0.1) is 0 Å². The number of rotatable bonds is 7. The number of phenolic OH excluding ortho intramolecular Hbond substituents is 1. The van der Waals surface area contributed by atoms with Gasteiger partial charge in [-0.3, -0.25) is 4.79 Å². The average molecular weight is 417 g/mol. The van der Waals surface area contributed by atoms with Crippen molar-refractivity contribution >= 4 is 27.8 Å². The first-order chi connectivity index (χ1) is 12.3. The van der Waals surface area contributed by atoms with Crippen LogP contribution in [-0.2, 0) is 13.1 Å². The molecule has 0 aliphatic heterocycles. The number of carbonyl (C=O) groups is 1. The monoisotopic (exact) mass is 416 g/mol. The molecular formula is C21H25BrN2O2. The molecular weight excluding hydrogens is 392 g/mol. The number of allylic oxidation sites excluding steroid dienone is 1.